The maximum Gasteiger partial charge on any atom is 0.208 e. The van der Waals surface area contributed by atoms with Gasteiger partial charge in [0.2, 0.25) is 10.0 Å². The van der Waals surface area contributed by atoms with Crippen LogP contribution in [0.15, 0.2) is 43.0 Å². The molecule has 1 saturated heterocycles. The molecule has 0 spiro atoms. The van der Waals surface area contributed by atoms with E-state index in [-0.39, 0.29) is 0 Å². The van der Waals surface area contributed by atoms with Crippen molar-refractivity contribution in [3.05, 3.63) is 48.5 Å². The quantitative estimate of drug-likeness (QED) is 0.695. The first kappa shape index (κ1) is 19.7. The van der Waals surface area contributed by atoms with Crippen LogP contribution in [-0.2, 0) is 10.0 Å². The van der Waals surface area contributed by atoms with E-state index >= 15 is 0 Å². The average molecular weight is 412 g/mol. The standard InChI is InChI=1S/C21H25N5O2S/c1-15-10-18(17-4-3-7-22-13-17)11-19-20(15)23-14-24-21(19)26-8-5-16(6-9-26)12-25-29(2,27)28/h3-4,7,10-11,13-14,16,25H,5-6,8-9,12H2,1-2H3. The largest absolute Gasteiger partial charge is 0.356 e. The zero-order valence-corrected chi connectivity index (χ0v) is 17.5. The van der Waals surface area contributed by atoms with E-state index in [0.717, 1.165) is 59.3 Å². The molecule has 0 amide bonds. The summed E-state index contributed by atoms with van der Waals surface area (Å²) in [6.07, 6.45) is 8.33. The molecule has 1 aliphatic heterocycles. The zero-order chi connectivity index (χ0) is 20.4. The van der Waals surface area contributed by atoms with Crippen molar-refractivity contribution in [1.29, 1.82) is 0 Å². The summed E-state index contributed by atoms with van der Waals surface area (Å²) in [4.78, 5) is 15.6. The smallest absolute Gasteiger partial charge is 0.208 e. The highest BCUT2D eigenvalue weighted by Gasteiger charge is 2.23. The van der Waals surface area contributed by atoms with Crippen molar-refractivity contribution < 1.29 is 8.42 Å². The van der Waals surface area contributed by atoms with Crippen LogP contribution in [0.5, 0.6) is 0 Å². The lowest BCUT2D eigenvalue weighted by Gasteiger charge is -2.33. The lowest BCUT2D eigenvalue weighted by atomic mass is 9.96. The van der Waals surface area contributed by atoms with Gasteiger partial charge in [0.1, 0.15) is 12.1 Å². The van der Waals surface area contributed by atoms with Crippen LogP contribution in [0.1, 0.15) is 18.4 Å². The third-order valence-electron chi connectivity index (χ3n) is 5.45. The summed E-state index contributed by atoms with van der Waals surface area (Å²) in [6.45, 7) is 4.26. The highest BCUT2D eigenvalue weighted by atomic mass is 32.2. The van der Waals surface area contributed by atoms with E-state index in [1.54, 1.807) is 12.5 Å². The van der Waals surface area contributed by atoms with Crippen LogP contribution in [0.25, 0.3) is 22.0 Å². The molecule has 8 heteroatoms. The van der Waals surface area contributed by atoms with E-state index in [1.807, 2.05) is 12.3 Å². The Hall–Kier alpha value is -2.58. The first-order valence-corrected chi connectivity index (χ1v) is 11.7. The molecular weight excluding hydrogens is 386 g/mol. The van der Waals surface area contributed by atoms with Gasteiger partial charge < -0.3 is 4.90 Å². The van der Waals surface area contributed by atoms with Gasteiger partial charge in [-0.2, -0.15) is 0 Å². The maximum absolute atomic E-state index is 11.3. The Morgan fingerprint density at radius 2 is 1.97 bits per heavy atom. The second-order valence-electron chi connectivity index (χ2n) is 7.68. The van der Waals surface area contributed by atoms with E-state index < -0.39 is 10.0 Å². The van der Waals surface area contributed by atoms with Crippen molar-refractivity contribution in [2.75, 3.05) is 30.8 Å². The Bertz CT molecular complexity index is 1110. The number of nitrogens with one attached hydrogen (secondary N) is 1. The second-order valence-corrected chi connectivity index (χ2v) is 9.51. The average Bonchev–Trinajstić information content (AvgIpc) is 2.72. The topological polar surface area (TPSA) is 88.1 Å². The van der Waals surface area contributed by atoms with Crippen LogP contribution in [0.4, 0.5) is 5.82 Å². The minimum Gasteiger partial charge on any atom is -0.356 e. The molecule has 0 unspecified atom stereocenters. The number of anilines is 1. The summed E-state index contributed by atoms with van der Waals surface area (Å²) in [6, 6.07) is 8.27. The maximum atomic E-state index is 11.3. The van der Waals surface area contributed by atoms with Crippen molar-refractivity contribution in [2.24, 2.45) is 5.92 Å². The summed E-state index contributed by atoms with van der Waals surface area (Å²) in [5.41, 5.74) is 4.24. The Labute approximate surface area is 171 Å². The predicted octanol–water partition coefficient (Wildman–Crippen LogP) is 2.77. The molecule has 7 nitrogen and oxygen atoms in total. The molecular formula is C21H25N5O2S. The van der Waals surface area contributed by atoms with Gasteiger partial charge in [0.15, 0.2) is 0 Å². The summed E-state index contributed by atoms with van der Waals surface area (Å²) in [7, 11) is -3.14. The van der Waals surface area contributed by atoms with E-state index in [9.17, 15) is 8.42 Å². The normalized spacial score (nSPS) is 15.7. The SMILES string of the molecule is Cc1cc(-c2cccnc2)cc2c(N3CCC(CNS(C)(=O)=O)CC3)ncnc12. The molecule has 0 radical (unpaired) electrons. The highest BCUT2D eigenvalue weighted by molar-refractivity contribution is 7.88. The molecule has 3 heterocycles. The van der Waals surface area contributed by atoms with Crippen LogP contribution in [-0.4, -0.2) is 49.3 Å². The number of aromatic nitrogens is 3. The summed E-state index contributed by atoms with van der Waals surface area (Å²) >= 11 is 0. The van der Waals surface area contributed by atoms with Crippen molar-refractivity contribution in [3.8, 4) is 11.1 Å². The number of hydrogen-bond donors (Lipinski definition) is 1. The fraction of sp³-hybridized carbons (Fsp3) is 0.381. The Kier molecular flexibility index (Phi) is 5.47. The fourth-order valence-electron chi connectivity index (χ4n) is 3.90. The molecule has 1 aliphatic rings. The van der Waals surface area contributed by atoms with Crippen molar-refractivity contribution >= 4 is 26.7 Å². The van der Waals surface area contributed by atoms with Gasteiger partial charge in [-0.25, -0.2) is 23.1 Å². The number of sulfonamides is 1. The van der Waals surface area contributed by atoms with Crippen molar-refractivity contribution in [2.45, 2.75) is 19.8 Å². The molecule has 4 rings (SSSR count). The predicted molar refractivity (Wildman–Crippen MR) is 115 cm³/mol. The van der Waals surface area contributed by atoms with E-state index in [1.165, 1.54) is 6.26 Å². The van der Waals surface area contributed by atoms with Gasteiger partial charge in [0.25, 0.3) is 0 Å². The summed E-state index contributed by atoms with van der Waals surface area (Å²) in [5, 5.41) is 1.04. The van der Waals surface area contributed by atoms with E-state index in [0.29, 0.717) is 12.5 Å². The molecule has 2 aromatic heterocycles. The number of hydrogen-bond acceptors (Lipinski definition) is 6. The Balaban J connectivity index is 1.60. The Morgan fingerprint density at radius 1 is 1.17 bits per heavy atom. The second kappa shape index (κ2) is 8.04. The van der Waals surface area contributed by atoms with Crippen LogP contribution in [0, 0.1) is 12.8 Å². The van der Waals surface area contributed by atoms with Crippen LogP contribution in [0.3, 0.4) is 0 Å². The number of aryl methyl sites for hydroxylation is 1. The minimum atomic E-state index is -3.14. The third kappa shape index (κ3) is 4.54. The molecule has 1 fully saturated rings. The molecule has 1 aromatic carbocycles. The molecule has 0 aliphatic carbocycles. The van der Waals surface area contributed by atoms with Gasteiger partial charge in [-0.15, -0.1) is 0 Å². The molecule has 0 atom stereocenters. The van der Waals surface area contributed by atoms with Gasteiger partial charge in [-0.3, -0.25) is 4.98 Å². The molecule has 152 valence electrons. The highest BCUT2D eigenvalue weighted by Crippen LogP contribution is 2.32. The molecule has 3 aromatic rings. The number of fused-ring (bicyclic) bond motifs is 1. The van der Waals surface area contributed by atoms with Gasteiger partial charge in [0, 0.05) is 43.0 Å². The first-order chi connectivity index (χ1) is 13.9. The van der Waals surface area contributed by atoms with Crippen molar-refractivity contribution in [3.63, 3.8) is 0 Å². The summed E-state index contributed by atoms with van der Waals surface area (Å²) < 4.78 is 25.3. The summed E-state index contributed by atoms with van der Waals surface area (Å²) in [5.74, 6) is 1.29. The zero-order valence-electron chi connectivity index (χ0n) is 16.7. The van der Waals surface area contributed by atoms with Gasteiger partial charge in [-0.05, 0) is 55.0 Å². The van der Waals surface area contributed by atoms with Gasteiger partial charge >= 0.3 is 0 Å². The molecule has 29 heavy (non-hydrogen) atoms. The molecule has 0 saturated carbocycles. The monoisotopic (exact) mass is 411 g/mol. The van der Waals surface area contributed by atoms with Gasteiger partial charge in [-0.1, -0.05) is 6.07 Å². The number of rotatable bonds is 5. The fourth-order valence-corrected chi connectivity index (χ4v) is 4.44. The first-order valence-electron chi connectivity index (χ1n) is 9.76. The van der Waals surface area contributed by atoms with Crippen molar-refractivity contribution in [1.82, 2.24) is 19.7 Å². The molecule has 0 bridgehead atoms. The lowest BCUT2D eigenvalue weighted by Crippen LogP contribution is -2.38. The van der Waals surface area contributed by atoms with Crippen LogP contribution in [0.2, 0.25) is 0 Å². The van der Waals surface area contributed by atoms with Crippen LogP contribution >= 0.6 is 0 Å². The number of pyridine rings is 1. The van der Waals surface area contributed by atoms with Crippen LogP contribution < -0.4 is 9.62 Å². The van der Waals surface area contributed by atoms with E-state index in [2.05, 4.69) is 49.7 Å². The number of nitrogens with zero attached hydrogens (tertiary/aromatic N) is 4. The van der Waals surface area contributed by atoms with Gasteiger partial charge in [0.05, 0.1) is 11.8 Å². The third-order valence-corrected chi connectivity index (χ3v) is 6.14. The Morgan fingerprint density at radius 3 is 2.66 bits per heavy atom. The number of piperidine rings is 1. The minimum absolute atomic E-state index is 0.349. The van der Waals surface area contributed by atoms with E-state index in [4.69, 9.17) is 0 Å². The lowest BCUT2D eigenvalue weighted by molar-refractivity contribution is 0.401. The molecule has 1 N–H and O–H groups in total. The number of benzene rings is 1.